The van der Waals surface area contributed by atoms with Gasteiger partial charge in [0, 0.05) is 34.8 Å². The summed E-state index contributed by atoms with van der Waals surface area (Å²) in [6.45, 7) is 7.08. The maximum absolute atomic E-state index is 14.2. The molecule has 0 fully saturated rings. The Labute approximate surface area is 253 Å². The van der Waals surface area contributed by atoms with Crippen LogP contribution in [0.5, 0.6) is 11.5 Å². The number of methoxy groups -OCH3 is 1. The molecular weight excluding hydrogens is 570 g/mol. The van der Waals surface area contributed by atoms with Crippen molar-refractivity contribution in [3.05, 3.63) is 125 Å². The second kappa shape index (κ2) is 12.8. The van der Waals surface area contributed by atoms with E-state index in [4.69, 9.17) is 26.1 Å². The summed E-state index contributed by atoms with van der Waals surface area (Å²) in [5.41, 5.74) is 3.14. The Morgan fingerprint density at radius 1 is 1.02 bits per heavy atom. The lowest BCUT2D eigenvalue weighted by Crippen LogP contribution is -2.43. The number of nitrogens with zero attached hydrogens (tertiary/aromatic N) is 3. The monoisotopic (exact) mass is 601 g/mol. The fourth-order valence-corrected chi connectivity index (χ4v) is 6.33. The van der Waals surface area contributed by atoms with E-state index < -0.39 is 6.04 Å². The molecule has 0 spiro atoms. The zero-order valence-electron chi connectivity index (χ0n) is 24.0. The van der Waals surface area contributed by atoms with Crippen LogP contribution in [0.3, 0.4) is 0 Å². The van der Waals surface area contributed by atoms with Gasteiger partial charge >= 0.3 is 0 Å². The number of benzene rings is 3. The number of thiazole rings is 1. The van der Waals surface area contributed by atoms with E-state index in [0.717, 1.165) is 16.7 Å². The van der Waals surface area contributed by atoms with Gasteiger partial charge < -0.3 is 14.4 Å². The smallest absolute Gasteiger partial charge is 0.271 e. The molecule has 2 heterocycles. The average molecular weight is 602 g/mol. The molecule has 1 atom stereocenters. The molecule has 3 aromatic carbocycles. The molecule has 0 aliphatic carbocycles. The molecule has 1 amide bonds. The van der Waals surface area contributed by atoms with E-state index in [1.165, 1.54) is 11.3 Å². The van der Waals surface area contributed by atoms with Gasteiger partial charge in [-0.1, -0.05) is 77.5 Å². The Bertz CT molecular complexity index is 1840. The summed E-state index contributed by atoms with van der Waals surface area (Å²) < 4.78 is 13.9. The molecule has 1 aromatic heterocycles. The van der Waals surface area contributed by atoms with Crippen molar-refractivity contribution >= 4 is 34.9 Å². The third-order valence-electron chi connectivity index (χ3n) is 7.28. The number of allylic oxidation sites excluding steroid dienone is 1. The molecule has 216 valence electrons. The lowest BCUT2D eigenvalue weighted by atomic mass is 9.94. The number of para-hydroxylation sites is 2. The van der Waals surface area contributed by atoms with Crippen LogP contribution in [0, 0.1) is 0 Å². The molecule has 0 unspecified atom stereocenters. The van der Waals surface area contributed by atoms with Gasteiger partial charge in [0.25, 0.3) is 11.5 Å². The highest BCUT2D eigenvalue weighted by atomic mass is 35.5. The van der Waals surface area contributed by atoms with Crippen LogP contribution in [0.1, 0.15) is 43.5 Å². The predicted molar refractivity (Wildman–Crippen MR) is 167 cm³/mol. The van der Waals surface area contributed by atoms with E-state index >= 15 is 0 Å². The quantitative estimate of drug-likeness (QED) is 0.259. The summed E-state index contributed by atoms with van der Waals surface area (Å²) in [5.74, 6) is 1.07. The molecule has 0 radical (unpaired) electrons. The molecule has 9 heteroatoms. The van der Waals surface area contributed by atoms with E-state index in [1.807, 2.05) is 99.6 Å². The number of likely N-dealkylation sites (N-methyl/N-ethyl adjacent to an activating group) is 1. The maximum Gasteiger partial charge on any atom is 0.271 e. The molecule has 0 saturated carbocycles. The van der Waals surface area contributed by atoms with Gasteiger partial charge in [-0.15, -0.1) is 0 Å². The van der Waals surface area contributed by atoms with Gasteiger partial charge in [-0.3, -0.25) is 14.2 Å². The minimum absolute atomic E-state index is 0.148. The van der Waals surface area contributed by atoms with Crippen LogP contribution in [0.25, 0.3) is 6.08 Å². The van der Waals surface area contributed by atoms with E-state index in [9.17, 15) is 9.59 Å². The zero-order chi connectivity index (χ0) is 29.8. The summed E-state index contributed by atoms with van der Waals surface area (Å²) in [4.78, 5) is 35.0. The van der Waals surface area contributed by atoms with Crippen LogP contribution in [0.4, 0.5) is 0 Å². The summed E-state index contributed by atoms with van der Waals surface area (Å²) in [7, 11) is 1.59. The first-order chi connectivity index (χ1) is 20.4. The molecule has 0 bridgehead atoms. The summed E-state index contributed by atoms with van der Waals surface area (Å²) in [6.07, 6.45) is 1.82. The summed E-state index contributed by atoms with van der Waals surface area (Å²) >= 11 is 7.61. The molecule has 0 N–H and O–H groups in total. The Balaban J connectivity index is 1.64. The predicted octanol–water partition coefficient (Wildman–Crippen LogP) is 5.34. The molecule has 5 rings (SSSR count). The van der Waals surface area contributed by atoms with Gasteiger partial charge in [0.05, 0.1) is 22.9 Å². The van der Waals surface area contributed by atoms with Crippen LogP contribution >= 0.6 is 22.9 Å². The molecule has 42 heavy (non-hydrogen) atoms. The number of aromatic nitrogens is 1. The summed E-state index contributed by atoms with van der Waals surface area (Å²) in [5, 5.41) is 0.630. The number of halogens is 1. The van der Waals surface area contributed by atoms with Crippen molar-refractivity contribution in [2.75, 3.05) is 20.2 Å². The van der Waals surface area contributed by atoms with Crippen LogP contribution in [-0.2, 0) is 11.4 Å². The van der Waals surface area contributed by atoms with Crippen molar-refractivity contribution in [3.8, 4) is 11.5 Å². The van der Waals surface area contributed by atoms with Crippen LogP contribution in [-0.4, -0.2) is 35.6 Å². The fourth-order valence-electron chi connectivity index (χ4n) is 5.11. The van der Waals surface area contributed by atoms with E-state index in [1.54, 1.807) is 16.6 Å². The third-order valence-corrected chi connectivity index (χ3v) is 8.63. The van der Waals surface area contributed by atoms with Crippen LogP contribution in [0.2, 0.25) is 5.02 Å². The van der Waals surface area contributed by atoms with Crippen molar-refractivity contribution in [2.24, 2.45) is 4.99 Å². The molecule has 0 saturated heterocycles. The highest BCUT2D eigenvalue weighted by molar-refractivity contribution is 7.07. The van der Waals surface area contributed by atoms with Crippen LogP contribution < -0.4 is 24.4 Å². The highest BCUT2D eigenvalue weighted by Crippen LogP contribution is 2.36. The minimum atomic E-state index is -0.695. The van der Waals surface area contributed by atoms with Crippen molar-refractivity contribution < 1.29 is 14.3 Å². The number of amides is 1. The molecule has 7 nitrogen and oxygen atoms in total. The third kappa shape index (κ3) is 5.65. The number of carbonyl (C=O) groups excluding carboxylic acids is 1. The first-order valence-electron chi connectivity index (χ1n) is 13.8. The second-order valence-electron chi connectivity index (χ2n) is 9.72. The topological polar surface area (TPSA) is 73.1 Å². The van der Waals surface area contributed by atoms with Crippen molar-refractivity contribution in [3.63, 3.8) is 0 Å². The average Bonchev–Trinajstić information content (AvgIpc) is 3.31. The highest BCUT2D eigenvalue weighted by Gasteiger charge is 2.35. The fraction of sp³-hybridized carbons (Fsp3) is 0.242. The normalized spacial score (nSPS) is 14.8. The zero-order valence-corrected chi connectivity index (χ0v) is 25.5. The Morgan fingerprint density at radius 3 is 2.40 bits per heavy atom. The number of fused-ring (bicyclic) bond motifs is 1. The van der Waals surface area contributed by atoms with Crippen LogP contribution in [0.15, 0.2) is 93.9 Å². The first-order valence-corrected chi connectivity index (χ1v) is 15.0. The van der Waals surface area contributed by atoms with E-state index in [-0.39, 0.29) is 18.1 Å². The molecule has 1 aliphatic rings. The van der Waals surface area contributed by atoms with Crippen molar-refractivity contribution in [1.29, 1.82) is 0 Å². The van der Waals surface area contributed by atoms with Crippen molar-refractivity contribution in [1.82, 2.24) is 9.47 Å². The van der Waals surface area contributed by atoms with E-state index in [2.05, 4.69) is 0 Å². The van der Waals surface area contributed by atoms with E-state index in [0.29, 0.717) is 50.2 Å². The lowest BCUT2D eigenvalue weighted by Gasteiger charge is -2.29. The molecule has 1 aliphatic heterocycles. The maximum atomic E-state index is 14.2. The largest absolute Gasteiger partial charge is 0.496 e. The van der Waals surface area contributed by atoms with Gasteiger partial charge in [0.15, 0.2) is 4.80 Å². The van der Waals surface area contributed by atoms with Gasteiger partial charge in [0.2, 0.25) is 0 Å². The Morgan fingerprint density at radius 2 is 1.69 bits per heavy atom. The van der Waals surface area contributed by atoms with Gasteiger partial charge in [-0.25, -0.2) is 4.99 Å². The number of carbonyl (C=O) groups is 1. The molecular formula is C33H32ClN3O4S. The van der Waals surface area contributed by atoms with Crippen molar-refractivity contribution in [2.45, 2.75) is 33.4 Å². The molecule has 4 aromatic rings. The van der Waals surface area contributed by atoms with Gasteiger partial charge in [-0.05, 0) is 45.0 Å². The number of rotatable bonds is 9. The number of hydrogen-bond acceptors (Lipinski definition) is 6. The SMILES string of the molecule is CCN(CC)C(=O)C1=C(C)N=c2s/c(=C/c3ccccc3OCc3ccccc3Cl)c(=O)n2[C@@H]1c1ccccc1OC. The second-order valence-corrected chi connectivity index (χ2v) is 11.1. The summed E-state index contributed by atoms with van der Waals surface area (Å²) in [6, 6.07) is 21.9. The van der Waals surface area contributed by atoms with Gasteiger partial charge in [-0.2, -0.15) is 0 Å². The number of hydrogen-bond donors (Lipinski definition) is 0. The standard InChI is InChI=1S/C33H32ClN3O4S/c1-5-36(6-2)32(39)29-21(3)35-33-37(30(29)24-15-9-12-18-27(24)40-4)31(38)28(42-33)19-22-13-8-11-17-26(22)41-20-23-14-7-10-16-25(23)34/h7-19,30H,5-6,20H2,1-4H3/b28-19+/t30-/m1/s1. The first kappa shape index (κ1) is 29.4. The lowest BCUT2D eigenvalue weighted by molar-refractivity contribution is -0.127. The Kier molecular flexibility index (Phi) is 8.94. The minimum Gasteiger partial charge on any atom is -0.496 e. The number of ether oxygens (including phenoxy) is 2. The van der Waals surface area contributed by atoms with Gasteiger partial charge in [0.1, 0.15) is 24.1 Å². The Hall–Kier alpha value is -4.14.